The van der Waals surface area contributed by atoms with Gasteiger partial charge in [0.05, 0.1) is 6.61 Å². The predicted molar refractivity (Wildman–Crippen MR) is 58.1 cm³/mol. The minimum Gasteiger partial charge on any atom is -0.383 e. The summed E-state index contributed by atoms with van der Waals surface area (Å²) < 4.78 is 17.9. The molecule has 4 heteroatoms. The average molecular weight is 212 g/mol. The fraction of sp³-hybridized carbons (Fsp3) is 0.455. The minimum atomic E-state index is -0.237. The van der Waals surface area contributed by atoms with Crippen molar-refractivity contribution in [1.82, 2.24) is 5.32 Å². The van der Waals surface area contributed by atoms with Crippen LogP contribution in [0.15, 0.2) is 24.3 Å². The molecule has 0 fully saturated rings. The maximum absolute atomic E-state index is 13.0. The van der Waals surface area contributed by atoms with E-state index in [2.05, 4.69) is 5.32 Å². The van der Waals surface area contributed by atoms with E-state index in [1.807, 2.05) is 6.07 Å². The highest BCUT2D eigenvalue weighted by molar-refractivity contribution is 5.20. The van der Waals surface area contributed by atoms with Crippen LogP contribution >= 0.6 is 0 Å². The van der Waals surface area contributed by atoms with Gasteiger partial charge < -0.3 is 15.8 Å². The molecule has 0 aromatic heterocycles. The molecule has 0 aliphatic carbocycles. The lowest BCUT2D eigenvalue weighted by Gasteiger charge is -2.16. The Balaban J connectivity index is 2.57. The van der Waals surface area contributed by atoms with Gasteiger partial charge in [-0.2, -0.15) is 0 Å². The number of benzene rings is 1. The summed E-state index contributed by atoms with van der Waals surface area (Å²) >= 11 is 0. The molecule has 15 heavy (non-hydrogen) atoms. The van der Waals surface area contributed by atoms with E-state index in [4.69, 9.17) is 10.5 Å². The van der Waals surface area contributed by atoms with Crippen LogP contribution in [0, 0.1) is 5.82 Å². The Kier molecular flexibility index (Phi) is 5.25. The normalized spacial score (nSPS) is 12.7. The van der Waals surface area contributed by atoms with Crippen LogP contribution in [0.3, 0.4) is 0 Å². The van der Waals surface area contributed by atoms with E-state index in [9.17, 15) is 4.39 Å². The van der Waals surface area contributed by atoms with Gasteiger partial charge in [-0.05, 0) is 17.7 Å². The number of nitrogens with one attached hydrogen (secondary N) is 1. The summed E-state index contributed by atoms with van der Waals surface area (Å²) in [5.74, 6) is -0.237. The summed E-state index contributed by atoms with van der Waals surface area (Å²) in [6.07, 6.45) is 0. The number of hydrogen-bond donors (Lipinski definition) is 2. The molecule has 0 amide bonds. The third kappa shape index (κ3) is 3.95. The monoisotopic (exact) mass is 212 g/mol. The van der Waals surface area contributed by atoms with Crippen molar-refractivity contribution in [2.45, 2.75) is 6.04 Å². The van der Waals surface area contributed by atoms with Crippen molar-refractivity contribution in [2.75, 3.05) is 26.8 Å². The van der Waals surface area contributed by atoms with Gasteiger partial charge >= 0.3 is 0 Å². The van der Waals surface area contributed by atoms with E-state index in [-0.39, 0.29) is 11.9 Å². The fourth-order valence-electron chi connectivity index (χ4n) is 1.40. The second-order valence-corrected chi connectivity index (χ2v) is 3.29. The Labute approximate surface area is 89.4 Å². The van der Waals surface area contributed by atoms with E-state index >= 15 is 0 Å². The van der Waals surface area contributed by atoms with Gasteiger partial charge in [-0.25, -0.2) is 4.39 Å². The summed E-state index contributed by atoms with van der Waals surface area (Å²) in [4.78, 5) is 0. The lowest BCUT2D eigenvalue weighted by Crippen LogP contribution is -2.30. The van der Waals surface area contributed by atoms with Crippen molar-refractivity contribution in [3.8, 4) is 0 Å². The van der Waals surface area contributed by atoms with Gasteiger partial charge in [0, 0.05) is 26.2 Å². The number of ether oxygens (including phenoxy) is 1. The highest BCUT2D eigenvalue weighted by Gasteiger charge is 2.08. The SMILES string of the molecule is COCCNC(CN)c1cccc(F)c1. The summed E-state index contributed by atoms with van der Waals surface area (Å²) in [6.45, 7) is 1.76. The molecular weight excluding hydrogens is 195 g/mol. The zero-order valence-corrected chi connectivity index (χ0v) is 8.87. The molecule has 0 aliphatic rings. The number of methoxy groups -OCH3 is 1. The van der Waals surface area contributed by atoms with Gasteiger partial charge in [-0.1, -0.05) is 12.1 Å². The first-order valence-electron chi connectivity index (χ1n) is 4.95. The third-order valence-electron chi connectivity index (χ3n) is 2.18. The van der Waals surface area contributed by atoms with Crippen LogP contribution in [0.25, 0.3) is 0 Å². The molecule has 1 aromatic carbocycles. The van der Waals surface area contributed by atoms with E-state index in [1.165, 1.54) is 12.1 Å². The van der Waals surface area contributed by atoms with Crippen LogP contribution in [-0.2, 0) is 4.74 Å². The van der Waals surface area contributed by atoms with Gasteiger partial charge in [0.2, 0.25) is 0 Å². The van der Waals surface area contributed by atoms with Gasteiger partial charge in [-0.3, -0.25) is 0 Å². The zero-order chi connectivity index (χ0) is 11.1. The summed E-state index contributed by atoms with van der Waals surface area (Å²) in [5.41, 5.74) is 6.48. The second kappa shape index (κ2) is 6.50. The van der Waals surface area contributed by atoms with Gasteiger partial charge in [0.25, 0.3) is 0 Å². The molecule has 0 spiro atoms. The van der Waals surface area contributed by atoms with Crippen molar-refractivity contribution in [3.63, 3.8) is 0 Å². The zero-order valence-electron chi connectivity index (χ0n) is 8.87. The van der Waals surface area contributed by atoms with Gasteiger partial charge in [0.1, 0.15) is 5.82 Å². The van der Waals surface area contributed by atoms with Crippen molar-refractivity contribution in [1.29, 1.82) is 0 Å². The van der Waals surface area contributed by atoms with Crippen molar-refractivity contribution in [3.05, 3.63) is 35.6 Å². The fourth-order valence-corrected chi connectivity index (χ4v) is 1.40. The lowest BCUT2D eigenvalue weighted by molar-refractivity contribution is 0.196. The first-order valence-corrected chi connectivity index (χ1v) is 4.95. The summed E-state index contributed by atoms with van der Waals surface area (Å²) in [6, 6.07) is 6.45. The molecule has 0 saturated heterocycles. The molecule has 3 nitrogen and oxygen atoms in total. The number of hydrogen-bond acceptors (Lipinski definition) is 3. The Bertz CT molecular complexity index is 294. The standard InChI is InChI=1S/C11H17FN2O/c1-15-6-5-14-11(8-13)9-3-2-4-10(12)7-9/h2-4,7,11,14H,5-6,8,13H2,1H3. The Hall–Kier alpha value is -0.970. The molecule has 84 valence electrons. The highest BCUT2D eigenvalue weighted by Crippen LogP contribution is 2.12. The van der Waals surface area contributed by atoms with Crippen LogP contribution in [0.4, 0.5) is 4.39 Å². The predicted octanol–water partition coefficient (Wildman–Crippen LogP) is 1.06. The van der Waals surface area contributed by atoms with E-state index in [1.54, 1.807) is 13.2 Å². The Morgan fingerprint density at radius 3 is 2.93 bits per heavy atom. The van der Waals surface area contributed by atoms with Crippen molar-refractivity contribution in [2.24, 2.45) is 5.73 Å². The molecule has 1 unspecified atom stereocenters. The van der Waals surface area contributed by atoms with E-state index in [0.29, 0.717) is 19.7 Å². The Morgan fingerprint density at radius 1 is 1.53 bits per heavy atom. The molecule has 1 aromatic rings. The minimum absolute atomic E-state index is 0.0177. The molecule has 3 N–H and O–H groups in total. The first kappa shape index (κ1) is 12.1. The molecule has 0 saturated carbocycles. The lowest BCUT2D eigenvalue weighted by atomic mass is 10.1. The maximum atomic E-state index is 13.0. The van der Waals surface area contributed by atoms with Crippen molar-refractivity contribution < 1.29 is 9.13 Å². The largest absolute Gasteiger partial charge is 0.383 e. The molecule has 0 bridgehead atoms. The number of rotatable bonds is 6. The maximum Gasteiger partial charge on any atom is 0.123 e. The van der Waals surface area contributed by atoms with Crippen molar-refractivity contribution >= 4 is 0 Å². The van der Waals surface area contributed by atoms with Crippen LogP contribution in [0.2, 0.25) is 0 Å². The Morgan fingerprint density at radius 2 is 2.33 bits per heavy atom. The van der Waals surface area contributed by atoms with Gasteiger partial charge in [-0.15, -0.1) is 0 Å². The molecule has 0 aliphatic heterocycles. The smallest absolute Gasteiger partial charge is 0.123 e. The van der Waals surface area contributed by atoms with Crippen LogP contribution in [0.1, 0.15) is 11.6 Å². The quantitative estimate of drug-likeness (QED) is 0.693. The molecule has 0 radical (unpaired) electrons. The first-order chi connectivity index (χ1) is 7.27. The second-order valence-electron chi connectivity index (χ2n) is 3.29. The average Bonchev–Trinajstić information content (AvgIpc) is 2.24. The molecule has 1 rings (SSSR count). The topological polar surface area (TPSA) is 47.3 Å². The van der Waals surface area contributed by atoms with E-state index in [0.717, 1.165) is 5.56 Å². The highest BCUT2D eigenvalue weighted by atomic mass is 19.1. The molecule has 1 atom stereocenters. The van der Waals surface area contributed by atoms with Crippen LogP contribution in [-0.4, -0.2) is 26.8 Å². The molecular formula is C11H17FN2O. The van der Waals surface area contributed by atoms with Crippen LogP contribution in [0.5, 0.6) is 0 Å². The van der Waals surface area contributed by atoms with Gasteiger partial charge in [0.15, 0.2) is 0 Å². The summed E-state index contributed by atoms with van der Waals surface area (Å²) in [5, 5.41) is 3.20. The molecule has 0 heterocycles. The third-order valence-corrected chi connectivity index (χ3v) is 2.18. The van der Waals surface area contributed by atoms with Crippen LogP contribution < -0.4 is 11.1 Å². The number of nitrogens with two attached hydrogens (primary N) is 1. The number of halogens is 1. The van der Waals surface area contributed by atoms with E-state index < -0.39 is 0 Å². The summed E-state index contributed by atoms with van der Waals surface area (Å²) in [7, 11) is 1.64.